The van der Waals surface area contributed by atoms with Gasteiger partial charge in [-0.05, 0) is 30.5 Å². The van der Waals surface area contributed by atoms with Crippen LogP contribution < -0.4 is 0 Å². The summed E-state index contributed by atoms with van der Waals surface area (Å²) in [6, 6.07) is 5.90. The SMILES string of the molecule is CCC1(CC)C(=O)C(C)CN(/N=C/c2ccc([N+](=O)[O-])cc2)C1=O. The lowest BCUT2D eigenvalue weighted by atomic mass is 9.71. The molecule has 24 heavy (non-hydrogen) atoms. The van der Waals surface area contributed by atoms with E-state index in [0.29, 0.717) is 18.4 Å². The fraction of sp³-hybridized carbons (Fsp3) is 0.471. The summed E-state index contributed by atoms with van der Waals surface area (Å²) < 4.78 is 0. The summed E-state index contributed by atoms with van der Waals surface area (Å²) >= 11 is 0. The van der Waals surface area contributed by atoms with E-state index in [4.69, 9.17) is 0 Å². The Morgan fingerprint density at radius 1 is 1.29 bits per heavy atom. The Hall–Kier alpha value is -2.57. The van der Waals surface area contributed by atoms with Crippen LogP contribution in [0, 0.1) is 21.4 Å². The predicted molar refractivity (Wildman–Crippen MR) is 89.6 cm³/mol. The maximum Gasteiger partial charge on any atom is 0.269 e. The molecule has 2 rings (SSSR count). The Morgan fingerprint density at radius 3 is 2.38 bits per heavy atom. The molecule has 0 aliphatic carbocycles. The number of piperidine rings is 1. The van der Waals surface area contributed by atoms with Gasteiger partial charge in [0.15, 0.2) is 5.78 Å². The maximum atomic E-state index is 12.7. The molecule has 7 heteroatoms. The van der Waals surface area contributed by atoms with Gasteiger partial charge in [-0.15, -0.1) is 0 Å². The first-order chi connectivity index (χ1) is 11.4. The van der Waals surface area contributed by atoms with Crippen LogP contribution in [0.25, 0.3) is 0 Å². The van der Waals surface area contributed by atoms with Gasteiger partial charge in [0.2, 0.25) is 0 Å². The van der Waals surface area contributed by atoms with Crippen molar-refractivity contribution in [3.8, 4) is 0 Å². The Bertz CT molecular complexity index is 678. The lowest BCUT2D eigenvalue weighted by Crippen LogP contribution is -2.55. The van der Waals surface area contributed by atoms with Gasteiger partial charge in [-0.1, -0.05) is 20.8 Å². The molecule has 0 saturated carbocycles. The summed E-state index contributed by atoms with van der Waals surface area (Å²) in [4.78, 5) is 35.4. The normalized spacial score (nSPS) is 20.6. The van der Waals surface area contributed by atoms with Crippen LogP contribution in [-0.4, -0.2) is 34.4 Å². The average Bonchev–Trinajstić information content (AvgIpc) is 2.59. The first kappa shape index (κ1) is 17.8. The third kappa shape index (κ3) is 3.06. The van der Waals surface area contributed by atoms with Crippen molar-refractivity contribution in [1.29, 1.82) is 0 Å². The highest BCUT2D eigenvalue weighted by Crippen LogP contribution is 2.37. The van der Waals surface area contributed by atoms with Gasteiger partial charge in [0.05, 0.1) is 17.7 Å². The van der Waals surface area contributed by atoms with Gasteiger partial charge in [-0.25, -0.2) is 5.01 Å². The molecule has 1 amide bonds. The molecule has 1 fully saturated rings. The molecule has 1 aromatic rings. The van der Waals surface area contributed by atoms with Crippen LogP contribution in [0.5, 0.6) is 0 Å². The third-order valence-corrected chi connectivity index (χ3v) is 4.67. The first-order valence-corrected chi connectivity index (χ1v) is 8.00. The molecule has 128 valence electrons. The first-order valence-electron chi connectivity index (χ1n) is 8.00. The van der Waals surface area contributed by atoms with E-state index in [9.17, 15) is 19.7 Å². The number of nitrogens with zero attached hydrogens (tertiary/aromatic N) is 3. The van der Waals surface area contributed by atoms with Crippen LogP contribution in [0.4, 0.5) is 5.69 Å². The number of hydrazone groups is 1. The largest absolute Gasteiger partial charge is 0.298 e. The minimum atomic E-state index is -0.996. The van der Waals surface area contributed by atoms with Gasteiger partial charge >= 0.3 is 0 Å². The fourth-order valence-electron chi connectivity index (χ4n) is 3.07. The highest BCUT2D eigenvalue weighted by molar-refractivity contribution is 6.09. The summed E-state index contributed by atoms with van der Waals surface area (Å²) in [7, 11) is 0. The third-order valence-electron chi connectivity index (χ3n) is 4.67. The number of nitro benzene ring substituents is 1. The number of carbonyl (C=O) groups excluding carboxylic acids is 2. The van der Waals surface area contributed by atoms with Crippen molar-refractivity contribution < 1.29 is 14.5 Å². The lowest BCUT2D eigenvalue weighted by Gasteiger charge is -2.40. The van der Waals surface area contributed by atoms with Gasteiger partial charge in [-0.3, -0.25) is 19.7 Å². The van der Waals surface area contributed by atoms with E-state index in [1.807, 2.05) is 20.8 Å². The molecular weight excluding hydrogens is 310 g/mol. The molecule has 0 spiro atoms. The minimum absolute atomic E-state index is 0.00333. The number of non-ortho nitro benzene ring substituents is 1. The molecule has 1 heterocycles. The molecule has 0 N–H and O–H groups in total. The molecule has 0 bridgehead atoms. The molecule has 1 aliphatic rings. The van der Waals surface area contributed by atoms with E-state index in [1.165, 1.54) is 23.4 Å². The summed E-state index contributed by atoms with van der Waals surface area (Å²) in [5.74, 6) is -0.551. The van der Waals surface area contributed by atoms with Gasteiger partial charge in [0.1, 0.15) is 5.41 Å². The second-order valence-electron chi connectivity index (χ2n) is 6.03. The Balaban J connectivity index is 2.23. The van der Waals surface area contributed by atoms with Crippen molar-refractivity contribution in [3.05, 3.63) is 39.9 Å². The van der Waals surface area contributed by atoms with E-state index < -0.39 is 10.3 Å². The van der Waals surface area contributed by atoms with Crippen molar-refractivity contribution in [1.82, 2.24) is 5.01 Å². The number of nitro groups is 1. The molecule has 0 radical (unpaired) electrons. The molecule has 1 unspecified atom stereocenters. The van der Waals surface area contributed by atoms with Gasteiger partial charge in [-0.2, -0.15) is 5.10 Å². The predicted octanol–water partition coefficient (Wildman–Crippen LogP) is 2.78. The van der Waals surface area contributed by atoms with Crippen LogP contribution in [0.2, 0.25) is 0 Å². The second kappa shape index (κ2) is 6.90. The summed E-state index contributed by atoms with van der Waals surface area (Å²) in [5.41, 5.74) is -0.349. The molecule has 1 atom stereocenters. The Labute approximate surface area is 140 Å². The molecule has 1 aliphatic heterocycles. The lowest BCUT2D eigenvalue weighted by molar-refractivity contribution is -0.384. The average molecular weight is 331 g/mol. The minimum Gasteiger partial charge on any atom is -0.298 e. The zero-order valence-electron chi connectivity index (χ0n) is 14.1. The van der Waals surface area contributed by atoms with E-state index in [0.717, 1.165) is 0 Å². The van der Waals surface area contributed by atoms with Crippen molar-refractivity contribution in [2.75, 3.05) is 6.54 Å². The van der Waals surface area contributed by atoms with Crippen molar-refractivity contribution in [2.45, 2.75) is 33.6 Å². The summed E-state index contributed by atoms with van der Waals surface area (Å²) in [6.07, 6.45) is 2.39. The second-order valence-corrected chi connectivity index (χ2v) is 6.03. The van der Waals surface area contributed by atoms with E-state index in [-0.39, 0.29) is 29.8 Å². The van der Waals surface area contributed by atoms with E-state index >= 15 is 0 Å². The highest BCUT2D eigenvalue weighted by Gasteiger charge is 2.50. The standard InChI is InChI=1S/C17H21N3O4/c1-4-17(5-2)15(21)12(3)11-19(16(17)22)18-10-13-6-8-14(9-7-13)20(23)24/h6-10,12H,4-5,11H2,1-3H3/b18-10+. The van der Waals surface area contributed by atoms with Crippen LogP contribution in [0.15, 0.2) is 29.4 Å². The molecule has 1 aromatic carbocycles. The maximum absolute atomic E-state index is 12.7. The number of hydrogen-bond acceptors (Lipinski definition) is 5. The van der Waals surface area contributed by atoms with Crippen LogP contribution >= 0.6 is 0 Å². The molecule has 0 aromatic heterocycles. The number of benzene rings is 1. The van der Waals surface area contributed by atoms with Gasteiger partial charge in [0.25, 0.3) is 11.6 Å². The van der Waals surface area contributed by atoms with Crippen LogP contribution in [-0.2, 0) is 9.59 Å². The van der Waals surface area contributed by atoms with Crippen molar-refractivity contribution in [3.63, 3.8) is 0 Å². The zero-order valence-corrected chi connectivity index (χ0v) is 14.1. The Morgan fingerprint density at radius 2 is 1.88 bits per heavy atom. The van der Waals surface area contributed by atoms with Crippen molar-refractivity contribution >= 4 is 23.6 Å². The van der Waals surface area contributed by atoms with Gasteiger partial charge in [0, 0.05) is 18.1 Å². The summed E-state index contributed by atoms with van der Waals surface area (Å²) in [6.45, 7) is 5.75. The monoisotopic (exact) mass is 331 g/mol. The number of hydrogen-bond donors (Lipinski definition) is 0. The number of rotatable bonds is 5. The smallest absolute Gasteiger partial charge is 0.269 e. The van der Waals surface area contributed by atoms with E-state index in [2.05, 4.69) is 5.10 Å². The van der Waals surface area contributed by atoms with Crippen LogP contribution in [0.3, 0.4) is 0 Å². The molecule has 7 nitrogen and oxygen atoms in total. The zero-order chi connectivity index (χ0) is 17.9. The summed E-state index contributed by atoms with van der Waals surface area (Å²) in [5, 5.41) is 16.2. The fourth-order valence-corrected chi connectivity index (χ4v) is 3.07. The molecule has 1 saturated heterocycles. The number of ketones is 1. The topological polar surface area (TPSA) is 92.9 Å². The number of Topliss-reactive ketones (excluding diaryl/α,β-unsaturated/α-hetero) is 1. The molecular formula is C17H21N3O4. The number of amides is 1. The van der Waals surface area contributed by atoms with Crippen LogP contribution in [0.1, 0.15) is 39.2 Å². The van der Waals surface area contributed by atoms with E-state index in [1.54, 1.807) is 12.1 Å². The van der Waals surface area contributed by atoms with Crippen molar-refractivity contribution in [2.24, 2.45) is 16.4 Å². The highest BCUT2D eigenvalue weighted by atomic mass is 16.6. The quantitative estimate of drug-likeness (QED) is 0.359. The number of carbonyl (C=O) groups is 2. The van der Waals surface area contributed by atoms with Gasteiger partial charge < -0.3 is 0 Å². The Kier molecular flexibility index (Phi) is 5.11.